The highest BCUT2D eigenvalue weighted by molar-refractivity contribution is 7.80. The first kappa shape index (κ1) is 14.5. The molecule has 0 aliphatic carbocycles. The first-order valence-electron chi connectivity index (χ1n) is 6.35. The van der Waals surface area contributed by atoms with Gasteiger partial charge < -0.3 is 15.6 Å². The molecule has 20 heavy (non-hydrogen) atoms. The monoisotopic (exact) mass is 293 g/mol. The highest BCUT2D eigenvalue weighted by Crippen LogP contribution is 2.27. The van der Waals surface area contributed by atoms with Gasteiger partial charge in [-0.3, -0.25) is 4.68 Å². The maximum absolute atomic E-state index is 5.79. The fraction of sp³-hybridized carbons (Fsp3) is 0.462. The zero-order valence-corrected chi connectivity index (χ0v) is 13.1. The maximum Gasteiger partial charge on any atom is 0.139 e. The van der Waals surface area contributed by atoms with Crippen molar-refractivity contribution in [3.8, 4) is 0 Å². The van der Waals surface area contributed by atoms with Crippen molar-refractivity contribution in [3.63, 3.8) is 0 Å². The summed E-state index contributed by atoms with van der Waals surface area (Å²) in [4.78, 5) is 0.337. The Balaban J connectivity index is 2.38. The van der Waals surface area contributed by atoms with Gasteiger partial charge in [0.1, 0.15) is 16.6 Å². The maximum atomic E-state index is 5.79. The van der Waals surface area contributed by atoms with Gasteiger partial charge in [0, 0.05) is 12.6 Å². The number of aryl methyl sites for hydroxylation is 4. The van der Waals surface area contributed by atoms with E-state index in [0.29, 0.717) is 4.99 Å². The number of nitrogens with one attached hydrogen (secondary N) is 1. The molecule has 2 heterocycles. The fourth-order valence-corrected chi connectivity index (χ4v) is 2.75. The van der Waals surface area contributed by atoms with Gasteiger partial charge in [-0.1, -0.05) is 17.4 Å². The van der Waals surface area contributed by atoms with Crippen LogP contribution in [0.5, 0.6) is 0 Å². The van der Waals surface area contributed by atoms with E-state index in [2.05, 4.69) is 15.6 Å². The summed E-state index contributed by atoms with van der Waals surface area (Å²) in [6, 6.07) is 0.0177. The SMILES string of the molecule is Cc1nn(C)c(NC(C)c2c(C)noc2C)c1C(N)=S. The third-order valence-corrected chi connectivity index (χ3v) is 3.55. The topological polar surface area (TPSA) is 81.9 Å². The molecule has 0 aromatic carbocycles. The van der Waals surface area contributed by atoms with Gasteiger partial charge in [0.05, 0.1) is 23.0 Å². The average molecular weight is 293 g/mol. The Labute approximate surface area is 123 Å². The molecule has 2 aromatic heterocycles. The summed E-state index contributed by atoms with van der Waals surface area (Å²) in [6.45, 7) is 7.75. The smallest absolute Gasteiger partial charge is 0.139 e. The average Bonchev–Trinajstić information content (AvgIpc) is 2.80. The Kier molecular flexibility index (Phi) is 3.80. The number of rotatable bonds is 4. The summed E-state index contributed by atoms with van der Waals surface area (Å²) in [7, 11) is 1.86. The van der Waals surface area contributed by atoms with E-state index in [1.807, 2.05) is 34.7 Å². The molecule has 7 heteroatoms. The van der Waals surface area contributed by atoms with Gasteiger partial charge in [-0.2, -0.15) is 5.10 Å². The Hall–Kier alpha value is -1.89. The summed E-state index contributed by atoms with van der Waals surface area (Å²) >= 11 is 5.11. The molecule has 0 aliphatic rings. The number of nitrogens with zero attached hydrogens (tertiary/aromatic N) is 3. The second-order valence-corrected chi connectivity index (χ2v) is 5.34. The molecule has 0 spiro atoms. The number of thiocarbonyl (C=S) groups is 1. The fourth-order valence-electron chi connectivity index (χ4n) is 2.50. The zero-order valence-electron chi connectivity index (χ0n) is 12.3. The van der Waals surface area contributed by atoms with E-state index in [4.69, 9.17) is 22.5 Å². The van der Waals surface area contributed by atoms with Crippen molar-refractivity contribution < 1.29 is 4.52 Å². The van der Waals surface area contributed by atoms with E-state index in [1.54, 1.807) is 4.68 Å². The normalized spacial score (nSPS) is 12.4. The standard InChI is InChI=1S/C13H19N5OS/c1-6(10-8(3)17-19-9(10)4)15-13-11(12(14)20)7(2)16-18(13)5/h6,15H,1-5H3,(H2,14,20). The number of hydrogen-bond donors (Lipinski definition) is 2. The van der Waals surface area contributed by atoms with Gasteiger partial charge in [0.25, 0.3) is 0 Å². The third-order valence-electron chi connectivity index (χ3n) is 3.34. The predicted octanol–water partition coefficient (Wildman–Crippen LogP) is 2.14. The Bertz CT molecular complexity index is 639. The van der Waals surface area contributed by atoms with Crippen molar-refractivity contribution >= 4 is 23.0 Å². The van der Waals surface area contributed by atoms with Crippen molar-refractivity contribution in [2.24, 2.45) is 12.8 Å². The van der Waals surface area contributed by atoms with E-state index >= 15 is 0 Å². The molecule has 0 saturated heterocycles. The largest absolute Gasteiger partial charge is 0.389 e. The van der Waals surface area contributed by atoms with Crippen LogP contribution in [0.4, 0.5) is 5.82 Å². The van der Waals surface area contributed by atoms with Crippen LogP contribution in [0.3, 0.4) is 0 Å². The molecular weight excluding hydrogens is 274 g/mol. The van der Waals surface area contributed by atoms with Crippen molar-refractivity contribution in [3.05, 3.63) is 28.3 Å². The van der Waals surface area contributed by atoms with E-state index in [-0.39, 0.29) is 6.04 Å². The molecule has 0 amide bonds. The molecule has 0 saturated carbocycles. The van der Waals surface area contributed by atoms with Gasteiger partial charge >= 0.3 is 0 Å². The summed E-state index contributed by atoms with van der Waals surface area (Å²) in [5.41, 5.74) is 9.30. The first-order chi connectivity index (χ1) is 9.32. The van der Waals surface area contributed by atoms with Gasteiger partial charge in [-0.15, -0.1) is 0 Å². The van der Waals surface area contributed by atoms with Crippen LogP contribution in [0, 0.1) is 20.8 Å². The van der Waals surface area contributed by atoms with E-state index in [1.165, 1.54) is 0 Å². The van der Waals surface area contributed by atoms with Crippen LogP contribution in [-0.4, -0.2) is 19.9 Å². The van der Waals surface area contributed by atoms with Crippen molar-refractivity contribution in [1.82, 2.24) is 14.9 Å². The van der Waals surface area contributed by atoms with Crippen LogP contribution in [-0.2, 0) is 7.05 Å². The van der Waals surface area contributed by atoms with Crippen LogP contribution in [0.1, 0.15) is 41.2 Å². The molecule has 0 radical (unpaired) electrons. The Morgan fingerprint density at radius 2 is 2.00 bits per heavy atom. The minimum absolute atomic E-state index is 0.0177. The number of anilines is 1. The van der Waals surface area contributed by atoms with E-state index in [9.17, 15) is 0 Å². The quantitative estimate of drug-likeness (QED) is 0.841. The van der Waals surface area contributed by atoms with Gasteiger partial charge in [-0.25, -0.2) is 0 Å². The van der Waals surface area contributed by atoms with Crippen molar-refractivity contribution in [1.29, 1.82) is 0 Å². The Morgan fingerprint density at radius 1 is 1.35 bits per heavy atom. The van der Waals surface area contributed by atoms with Crippen LogP contribution >= 0.6 is 12.2 Å². The molecular formula is C13H19N5OS. The molecule has 0 bridgehead atoms. The predicted molar refractivity (Wildman–Crippen MR) is 81.8 cm³/mol. The Morgan fingerprint density at radius 3 is 2.50 bits per heavy atom. The number of aromatic nitrogens is 3. The molecule has 1 atom stereocenters. The second-order valence-electron chi connectivity index (χ2n) is 4.90. The van der Waals surface area contributed by atoms with Crippen LogP contribution in [0.2, 0.25) is 0 Å². The molecule has 108 valence electrons. The second kappa shape index (κ2) is 5.24. The molecule has 2 aromatic rings. The van der Waals surface area contributed by atoms with Gasteiger partial charge in [0.2, 0.25) is 0 Å². The zero-order chi connectivity index (χ0) is 15.0. The highest BCUT2D eigenvalue weighted by atomic mass is 32.1. The highest BCUT2D eigenvalue weighted by Gasteiger charge is 2.21. The van der Waals surface area contributed by atoms with Gasteiger partial charge in [-0.05, 0) is 27.7 Å². The van der Waals surface area contributed by atoms with Crippen LogP contribution < -0.4 is 11.1 Å². The molecule has 3 N–H and O–H groups in total. The third kappa shape index (κ3) is 2.40. The number of nitrogens with two attached hydrogens (primary N) is 1. The molecule has 6 nitrogen and oxygen atoms in total. The minimum Gasteiger partial charge on any atom is -0.389 e. The van der Waals surface area contributed by atoms with Crippen LogP contribution in [0.25, 0.3) is 0 Å². The lowest BCUT2D eigenvalue weighted by atomic mass is 10.1. The summed E-state index contributed by atoms with van der Waals surface area (Å²) in [5, 5.41) is 11.7. The van der Waals surface area contributed by atoms with Crippen molar-refractivity contribution in [2.45, 2.75) is 33.7 Å². The van der Waals surface area contributed by atoms with E-state index < -0.39 is 0 Å². The molecule has 2 rings (SSSR count). The van der Waals surface area contributed by atoms with Crippen molar-refractivity contribution in [2.75, 3.05) is 5.32 Å². The van der Waals surface area contributed by atoms with Gasteiger partial charge in [0.15, 0.2) is 0 Å². The minimum atomic E-state index is 0.0177. The summed E-state index contributed by atoms with van der Waals surface area (Å²) in [5.74, 6) is 1.61. The molecule has 0 aliphatic heterocycles. The summed E-state index contributed by atoms with van der Waals surface area (Å²) in [6.07, 6.45) is 0. The molecule has 0 fully saturated rings. The first-order valence-corrected chi connectivity index (χ1v) is 6.76. The van der Waals surface area contributed by atoms with Crippen LogP contribution in [0.15, 0.2) is 4.52 Å². The lowest BCUT2D eigenvalue weighted by molar-refractivity contribution is 0.392. The lowest BCUT2D eigenvalue weighted by Gasteiger charge is -2.16. The summed E-state index contributed by atoms with van der Waals surface area (Å²) < 4.78 is 6.95. The molecule has 1 unspecified atom stereocenters. The lowest BCUT2D eigenvalue weighted by Crippen LogP contribution is -2.17. The number of hydrogen-bond acceptors (Lipinski definition) is 5. The van der Waals surface area contributed by atoms with E-state index in [0.717, 1.165) is 34.1 Å².